The van der Waals surface area contributed by atoms with Gasteiger partial charge in [0.1, 0.15) is 12.1 Å². The second-order valence-corrected chi connectivity index (χ2v) is 16.7. The van der Waals surface area contributed by atoms with E-state index in [4.69, 9.17) is 10.5 Å². The second-order valence-electron chi connectivity index (χ2n) is 16.0. The SMILES string of the molecule is CCCC(NC(=O)[C@@H]1C[C@@H](OCc2ccccc2)CN1C(=O)[C@@H](NC(=O)[C@H](CC(C)C)NSC)C1CCCCC1)C(=O)C(=O)NCCCC(C(N)=O)c1ccccc1. The Morgan fingerprint density at radius 2 is 1.57 bits per heavy atom. The number of hydrogen-bond donors (Lipinski definition) is 5. The van der Waals surface area contributed by atoms with Crippen molar-refractivity contribution in [3.05, 3.63) is 71.8 Å². The van der Waals surface area contributed by atoms with Crippen molar-refractivity contribution in [2.45, 2.75) is 134 Å². The molecule has 5 amide bonds. The average Bonchev–Trinajstić information content (AvgIpc) is 3.66. The first-order valence-electron chi connectivity index (χ1n) is 20.9. The highest BCUT2D eigenvalue weighted by Gasteiger charge is 2.45. The van der Waals surface area contributed by atoms with E-state index in [1.165, 1.54) is 16.8 Å². The lowest BCUT2D eigenvalue weighted by molar-refractivity contribution is -0.144. The Morgan fingerprint density at radius 1 is 0.897 bits per heavy atom. The van der Waals surface area contributed by atoms with Crippen molar-refractivity contribution in [3.63, 3.8) is 0 Å². The summed E-state index contributed by atoms with van der Waals surface area (Å²) >= 11 is 1.36. The number of benzene rings is 2. The number of carbonyl (C=O) groups excluding carboxylic acids is 6. The maximum Gasteiger partial charge on any atom is 0.289 e. The highest BCUT2D eigenvalue weighted by atomic mass is 32.2. The molecule has 2 aromatic carbocycles. The fourth-order valence-corrected chi connectivity index (χ4v) is 8.53. The Labute approximate surface area is 348 Å². The van der Waals surface area contributed by atoms with Crippen LogP contribution in [0, 0.1) is 11.8 Å². The predicted molar refractivity (Wildman–Crippen MR) is 226 cm³/mol. The van der Waals surface area contributed by atoms with Crippen LogP contribution in [0.25, 0.3) is 0 Å². The zero-order valence-electron chi connectivity index (χ0n) is 34.6. The van der Waals surface area contributed by atoms with Crippen LogP contribution in [-0.2, 0) is 40.1 Å². The molecule has 2 aromatic rings. The van der Waals surface area contributed by atoms with Gasteiger partial charge in [-0.1, -0.05) is 119 Å². The molecule has 1 saturated heterocycles. The number of rotatable bonds is 23. The second kappa shape index (κ2) is 24.0. The summed E-state index contributed by atoms with van der Waals surface area (Å²) in [7, 11) is 0. The number of ether oxygens (including phenoxy) is 1. The summed E-state index contributed by atoms with van der Waals surface area (Å²) in [5.41, 5.74) is 7.38. The Bertz CT molecular complexity index is 1640. The number of ketones is 1. The largest absolute Gasteiger partial charge is 0.372 e. The van der Waals surface area contributed by atoms with Crippen LogP contribution < -0.4 is 26.4 Å². The summed E-state index contributed by atoms with van der Waals surface area (Å²) in [4.78, 5) is 83.2. The third-order valence-electron chi connectivity index (χ3n) is 11.1. The molecule has 6 N–H and O–H groups in total. The lowest BCUT2D eigenvalue weighted by atomic mass is 9.83. The van der Waals surface area contributed by atoms with Crippen LogP contribution in [-0.4, -0.2) is 89.8 Å². The van der Waals surface area contributed by atoms with Crippen molar-refractivity contribution < 1.29 is 33.5 Å². The van der Waals surface area contributed by atoms with Crippen LogP contribution >= 0.6 is 11.9 Å². The molecule has 1 aliphatic carbocycles. The Hall–Kier alpha value is -4.27. The molecular formula is C44H64N6O7S. The lowest BCUT2D eigenvalue weighted by Crippen LogP contribution is -2.59. The number of nitrogens with zero attached hydrogens (tertiary/aromatic N) is 1. The van der Waals surface area contributed by atoms with Crippen molar-refractivity contribution in [1.82, 2.24) is 25.6 Å². The van der Waals surface area contributed by atoms with E-state index in [9.17, 15) is 28.8 Å². The molecule has 2 aliphatic rings. The number of Topliss-reactive ketones (excluding diaryl/α,β-unsaturated/α-hetero) is 1. The monoisotopic (exact) mass is 820 g/mol. The summed E-state index contributed by atoms with van der Waals surface area (Å²) in [5.74, 6) is -3.65. The molecule has 2 unspecified atom stereocenters. The minimum absolute atomic E-state index is 0.101. The number of primary amides is 1. The van der Waals surface area contributed by atoms with Crippen molar-refractivity contribution in [3.8, 4) is 0 Å². The van der Waals surface area contributed by atoms with Gasteiger partial charge < -0.3 is 31.3 Å². The highest BCUT2D eigenvalue weighted by Crippen LogP contribution is 2.31. The third-order valence-corrected chi connectivity index (χ3v) is 11.6. The van der Waals surface area contributed by atoms with Crippen molar-refractivity contribution in [2.75, 3.05) is 19.3 Å². The quantitative estimate of drug-likeness (QED) is 0.0610. The topological polar surface area (TPSA) is 189 Å². The van der Waals surface area contributed by atoms with E-state index in [0.29, 0.717) is 25.7 Å². The number of hydrogen-bond acceptors (Lipinski definition) is 9. The van der Waals surface area contributed by atoms with Gasteiger partial charge >= 0.3 is 0 Å². The first-order chi connectivity index (χ1) is 27.9. The average molecular weight is 821 g/mol. The van der Waals surface area contributed by atoms with Gasteiger partial charge in [-0.05, 0) is 67.7 Å². The molecule has 13 nitrogen and oxygen atoms in total. The standard InChI is InChI=1S/C44H64N6O7S/c1-5-16-35(39(51)43(55)46-24-15-23-34(40(45)52)31-19-11-7-12-20-31)47-42(54)37-26-33(57-28-30-17-9-6-10-18-30)27-50(37)44(56)38(32-21-13-8-14-22-32)48-41(53)36(49-58-4)25-29(2)3/h6-7,9-12,17-20,29,32-38,49H,5,8,13-16,21-28H2,1-4H3,(H2,45,52)(H,46,55)(H,47,54)(H,48,53)/t33-,34?,35?,36+,37+,38+/m1/s1. The molecule has 318 valence electrons. The smallest absolute Gasteiger partial charge is 0.289 e. The summed E-state index contributed by atoms with van der Waals surface area (Å²) in [5, 5.41) is 8.59. The summed E-state index contributed by atoms with van der Waals surface area (Å²) < 4.78 is 9.48. The highest BCUT2D eigenvalue weighted by molar-refractivity contribution is 7.96. The molecule has 2 fully saturated rings. The summed E-state index contributed by atoms with van der Waals surface area (Å²) in [6.07, 6.45) is 8.15. The van der Waals surface area contributed by atoms with Gasteiger partial charge in [-0.15, -0.1) is 0 Å². The van der Waals surface area contributed by atoms with Gasteiger partial charge in [0, 0.05) is 19.5 Å². The molecule has 1 heterocycles. The van der Waals surface area contributed by atoms with Gasteiger partial charge in [0.25, 0.3) is 5.91 Å². The van der Waals surface area contributed by atoms with Gasteiger partial charge in [0.2, 0.25) is 29.4 Å². The van der Waals surface area contributed by atoms with E-state index >= 15 is 0 Å². The molecule has 0 bridgehead atoms. The van der Waals surface area contributed by atoms with Crippen LogP contribution in [0.1, 0.15) is 108 Å². The molecular weight excluding hydrogens is 757 g/mol. The van der Waals surface area contributed by atoms with Gasteiger partial charge in [0.15, 0.2) is 0 Å². The number of carbonyl (C=O) groups is 6. The van der Waals surface area contributed by atoms with Crippen LogP contribution in [0.3, 0.4) is 0 Å². The third kappa shape index (κ3) is 13.9. The van der Waals surface area contributed by atoms with Crippen molar-refractivity contribution in [2.24, 2.45) is 17.6 Å². The van der Waals surface area contributed by atoms with Gasteiger partial charge in [-0.3, -0.25) is 33.5 Å². The van der Waals surface area contributed by atoms with E-state index in [-0.39, 0.29) is 56.2 Å². The van der Waals surface area contributed by atoms with E-state index in [2.05, 4.69) is 20.7 Å². The van der Waals surface area contributed by atoms with E-state index in [1.54, 1.807) is 0 Å². The van der Waals surface area contributed by atoms with Crippen molar-refractivity contribution >= 4 is 47.3 Å². The Kier molecular flexibility index (Phi) is 19.2. The lowest BCUT2D eigenvalue weighted by Gasteiger charge is -2.35. The first-order valence-corrected chi connectivity index (χ1v) is 22.2. The minimum atomic E-state index is -1.12. The predicted octanol–water partition coefficient (Wildman–Crippen LogP) is 4.54. The first kappa shape index (κ1) is 46.4. The minimum Gasteiger partial charge on any atom is -0.372 e. The zero-order chi connectivity index (χ0) is 42.0. The normalized spacial score (nSPS) is 19.2. The molecule has 14 heteroatoms. The van der Waals surface area contributed by atoms with Crippen LogP contribution in [0.4, 0.5) is 0 Å². The molecule has 1 saturated carbocycles. The zero-order valence-corrected chi connectivity index (χ0v) is 35.4. The van der Waals surface area contributed by atoms with E-state index in [0.717, 1.165) is 43.2 Å². The maximum atomic E-state index is 14.8. The summed E-state index contributed by atoms with van der Waals surface area (Å²) in [6, 6.07) is 15.3. The van der Waals surface area contributed by atoms with Gasteiger partial charge in [-0.2, -0.15) is 0 Å². The Morgan fingerprint density at radius 3 is 2.19 bits per heavy atom. The van der Waals surface area contributed by atoms with Crippen molar-refractivity contribution in [1.29, 1.82) is 0 Å². The fraction of sp³-hybridized carbons (Fsp3) is 0.591. The van der Waals surface area contributed by atoms with Crippen LogP contribution in [0.5, 0.6) is 0 Å². The van der Waals surface area contributed by atoms with Gasteiger partial charge in [-0.25, -0.2) is 0 Å². The maximum absolute atomic E-state index is 14.8. The molecule has 0 radical (unpaired) electrons. The molecule has 58 heavy (non-hydrogen) atoms. The van der Waals surface area contributed by atoms with Crippen LogP contribution in [0.15, 0.2) is 60.7 Å². The number of nitrogens with one attached hydrogen (secondary N) is 4. The number of likely N-dealkylation sites (tertiary alicyclic amines) is 1. The molecule has 1 aliphatic heterocycles. The summed E-state index contributed by atoms with van der Waals surface area (Å²) in [6.45, 7) is 6.49. The molecule has 6 atom stereocenters. The van der Waals surface area contributed by atoms with Crippen LogP contribution in [0.2, 0.25) is 0 Å². The van der Waals surface area contributed by atoms with E-state index < -0.39 is 59.7 Å². The fourth-order valence-electron chi connectivity index (χ4n) is 8.04. The number of amides is 5. The molecule has 0 spiro atoms. The molecule has 4 rings (SSSR count). The van der Waals surface area contributed by atoms with E-state index in [1.807, 2.05) is 87.7 Å². The Balaban J connectivity index is 1.50. The molecule has 0 aromatic heterocycles. The van der Waals surface area contributed by atoms with Gasteiger partial charge in [0.05, 0.1) is 30.7 Å². The number of nitrogens with two attached hydrogens (primary N) is 1.